The Morgan fingerprint density at radius 1 is 0.692 bits per heavy atom. The molecule has 0 spiro atoms. The predicted octanol–water partition coefficient (Wildman–Crippen LogP) is 3.57. The van der Waals surface area contributed by atoms with Gasteiger partial charge in [-0.15, -0.1) is 0 Å². The molecule has 0 aliphatic rings. The van der Waals surface area contributed by atoms with E-state index in [2.05, 4.69) is 36.7 Å². The summed E-state index contributed by atoms with van der Waals surface area (Å²) in [5.41, 5.74) is 0. The number of hydrogen-bond acceptors (Lipinski definition) is 4. The van der Waals surface area contributed by atoms with E-state index in [9.17, 15) is 0 Å². The van der Waals surface area contributed by atoms with Crippen LogP contribution in [0.3, 0.4) is 0 Å². The molecular weight excluding hydrogens is 236 g/mol. The lowest BCUT2D eigenvalue weighted by atomic mass is 10.9. The van der Waals surface area contributed by atoms with Crippen LogP contribution in [0.1, 0.15) is 6.92 Å². The van der Waals surface area contributed by atoms with Gasteiger partial charge in [-0.05, 0) is 12.0 Å². The van der Waals surface area contributed by atoms with Gasteiger partial charge in [0.1, 0.15) is 0 Å². The van der Waals surface area contributed by atoms with Gasteiger partial charge in [0.2, 0.25) is 0 Å². The summed E-state index contributed by atoms with van der Waals surface area (Å²) in [6.45, 7) is 2.23. The van der Waals surface area contributed by atoms with Gasteiger partial charge >= 0.3 is 0 Å². The molecule has 0 saturated heterocycles. The second kappa shape index (κ2) is 13.4. The van der Waals surface area contributed by atoms with Gasteiger partial charge in [0.05, 0.1) is 0 Å². The van der Waals surface area contributed by atoms with Crippen molar-refractivity contribution in [1.82, 2.24) is 0 Å². The van der Waals surface area contributed by atoms with Crippen LogP contribution in [0.15, 0.2) is 0 Å². The Morgan fingerprint density at radius 2 is 1.15 bits per heavy atom. The summed E-state index contributed by atoms with van der Waals surface area (Å²) in [4.78, 5) is 0. The molecule has 4 heteroatoms. The van der Waals surface area contributed by atoms with Crippen LogP contribution >= 0.6 is 47.0 Å². The molecule has 0 aromatic carbocycles. The van der Waals surface area contributed by atoms with E-state index in [-0.39, 0.29) is 0 Å². The molecule has 0 aliphatic heterocycles. The van der Waals surface area contributed by atoms with Crippen molar-refractivity contribution in [2.75, 3.05) is 46.5 Å². The van der Waals surface area contributed by atoms with Crippen molar-refractivity contribution in [3.63, 3.8) is 0 Å². The highest BCUT2D eigenvalue weighted by Crippen LogP contribution is 2.10. The molecule has 0 fully saturated rings. The third-order valence-electron chi connectivity index (χ3n) is 1.38. The molecule has 0 N–H and O–H groups in total. The molecule has 13 heavy (non-hydrogen) atoms. The third kappa shape index (κ3) is 13.4. The minimum absolute atomic E-state index is 1.27. The zero-order chi connectivity index (χ0) is 9.78. The highest BCUT2D eigenvalue weighted by Gasteiger charge is 1.91. The summed E-state index contributed by atoms with van der Waals surface area (Å²) in [5, 5.41) is 0. The zero-order valence-corrected chi connectivity index (χ0v) is 11.8. The first-order chi connectivity index (χ1) is 6.41. The fourth-order valence-corrected chi connectivity index (χ4v) is 4.45. The quantitative estimate of drug-likeness (QED) is 0.548. The Balaban J connectivity index is 2.76. The first kappa shape index (κ1) is 14.4. The highest BCUT2D eigenvalue weighted by molar-refractivity contribution is 8.05. The van der Waals surface area contributed by atoms with Crippen molar-refractivity contribution in [3.05, 3.63) is 0 Å². The van der Waals surface area contributed by atoms with E-state index in [1.54, 1.807) is 0 Å². The SMILES string of the molecule is CCSCCSCCSCCSC. The van der Waals surface area contributed by atoms with E-state index in [1.807, 2.05) is 23.5 Å². The average molecular weight is 257 g/mol. The fraction of sp³-hybridized carbons (Fsp3) is 1.00. The van der Waals surface area contributed by atoms with Crippen molar-refractivity contribution in [3.8, 4) is 0 Å². The lowest BCUT2D eigenvalue weighted by Gasteiger charge is -2.00. The van der Waals surface area contributed by atoms with Gasteiger partial charge in [0.25, 0.3) is 0 Å². The smallest absolute Gasteiger partial charge is 0.00238 e. The maximum Gasteiger partial charge on any atom is 0.00238 e. The van der Waals surface area contributed by atoms with E-state index in [1.165, 1.54) is 40.3 Å². The van der Waals surface area contributed by atoms with Gasteiger partial charge in [0, 0.05) is 34.5 Å². The molecule has 0 bridgehead atoms. The summed E-state index contributed by atoms with van der Waals surface area (Å²) < 4.78 is 0. The molecule has 0 saturated carbocycles. The summed E-state index contributed by atoms with van der Waals surface area (Å²) >= 11 is 8.19. The van der Waals surface area contributed by atoms with Crippen LogP contribution in [-0.2, 0) is 0 Å². The fourth-order valence-electron chi connectivity index (χ4n) is 0.726. The second-order valence-electron chi connectivity index (χ2n) is 2.41. The predicted molar refractivity (Wildman–Crippen MR) is 76.0 cm³/mol. The molecule has 0 heterocycles. The first-order valence-electron chi connectivity index (χ1n) is 4.64. The number of rotatable bonds is 10. The lowest BCUT2D eigenvalue weighted by molar-refractivity contribution is 1.45. The van der Waals surface area contributed by atoms with Crippen molar-refractivity contribution >= 4 is 47.0 Å². The van der Waals surface area contributed by atoms with Crippen molar-refractivity contribution in [2.24, 2.45) is 0 Å². The molecule has 0 nitrogen and oxygen atoms in total. The molecule has 0 unspecified atom stereocenters. The number of thioether (sulfide) groups is 4. The largest absolute Gasteiger partial charge is 0.165 e. The summed E-state index contributed by atoms with van der Waals surface area (Å²) in [6.07, 6.45) is 2.18. The Bertz CT molecular complexity index is 77.7. The molecule has 0 aromatic heterocycles. The van der Waals surface area contributed by atoms with Crippen LogP contribution in [0.5, 0.6) is 0 Å². The van der Waals surface area contributed by atoms with E-state index >= 15 is 0 Å². The Labute approximate surface area is 100 Å². The third-order valence-corrected chi connectivity index (χ3v) is 5.64. The molecular formula is C9H20S4. The molecule has 0 radical (unpaired) electrons. The first-order valence-corrected chi connectivity index (χ1v) is 9.49. The van der Waals surface area contributed by atoms with Crippen LogP contribution < -0.4 is 0 Å². The van der Waals surface area contributed by atoms with E-state index in [0.717, 1.165) is 0 Å². The Kier molecular flexibility index (Phi) is 14.8. The van der Waals surface area contributed by atoms with Crippen LogP contribution in [-0.4, -0.2) is 46.5 Å². The van der Waals surface area contributed by atoms with Crippen LogP contribution in [0.2, 0.25) is 0 Å². The molecule has 0 aromatic rings. The standard InChI is InChI=1S/C9H20S4/c1-3-11-6-7-13-9-8-12-5-4-10-2/h3-9H2,1-2H3. The van der Waals surface area contributed by atoms with Gasteiger partial charge < -0.3 is 0 Å². The van der Waals surface area contributed by atoms with Gasteiger partial charge in [0.15, 0.2) is 0 Å². The van der Waals surface area contributed by atoms with Gasteiger partial charge in [-0.2, -0.15) is 47.0 Å². The van der Waals surface area contributed by atoms with E-state index in [0.29, 0.717) is 0 Å². The minimum Gasteiger partial charge on any atom is -0.165 e. The van der Waals surface area contributed by atoms with Crippen LogP contribution in [0.4, 0.5) is 0 Å². The summed E-state index contributed by atoms with van der Waals surface area (Å²) in [6, 6.07) is 0. The topological polar surface area (TPSA) is 0 Å². The highest BCUT2D eigenvalue weighted by atomic mass is 32.2. The molecule has 80 valence electrons. The lowest BCUT2D eigenvalue weighted by Crippen LogP contribution is -1.92. The minimum atomic E-state index is 1.27. The average Bonchev–Trinajstić information content (AvgIpc) is 2.16. The second-order valence-corrected chi connectivity index (χ2v) is 7.24. The monoisotopic (exact) mass is 256 g/mol. The number of hydrogen-bond donors (Lipinski definition) is 0. The Morgan fingerprint density at radius 3 is 1.62 bits per heavy atom. The van der Waals surface area contributed by atoms with Gasteiger partial charge in [-0.3, -0.25) is 0 Å². The van der Waals surface area contributed by atoms with E-state index in [4.69, 9.17) is 0 Å². The van der Waals surface area contributed by atoms with Crippen molar-refractivity contribution < 1.29 is 0 Å². The Hall–Kier alpha value is 1.40. The molecule has 0 amide bonds. The van der Waals surface area contributed by atoms with Crippen molar-refractivity contribution in [2.45, 2.75) is 6.92 Å². The van der Waals surface area contributed by atoms with Gasteiger partial charge in [-0.1, -0.05) is 6.92 Å². The maximum absolute atomic E-state index is 2.23. The molecule has 0 atom stereocenters. The zero-order valence-electron chi connectivity index (χ0n) is 8.58. The summed E-state index contributed by atoms with van der Waals surface area (Å²) in [5.74, 6) is 9.24. The molecule has 0 aliphatic carbocycles. The maximum atomic E-state index is 2.23. The molecule has 0 rings (SSSR count). The van der Waals surface area contributed by atoms with Gasteiger partial charge in [-0.25, -0.2) is 0 Å². The van der Waals surface area contributed by atoms with Crippen LogP contribution in [0.25, 0.3) is 0 Å². The normalized spacial score (nSPS) is 10.6. The summed E-state index contributed by atoms with van der Waals surface area (Å²) in [7, 11) is 0. The van der Waals surface area contributed by atoms with Crippen molar-refractivity contribution in [1.29, 1.82) is 0 Å². The van der Waals surface area contributed by atoms with E-state index < -0.39 is 0 Å². The van der Waals surface area contributed by atoms with Crippen LogP contribution in [0, 0.1) is 0 Å².